The number of benzene rings is 1. The molecule has 0 aliphatic carbocycles. The lowest BCUT2D eigenvalue weighted by atomic mass is 10.1. The number of rotatable bonds is 2. The Hall–Kier alpha value is -0.730. The fourth-order valence-electron chi connectivity index (χ4n) is 0.933. The average molecular weight is 203 g/mol. The molecule has 0 bridgehead atoms. The summed E-state index contributed by atoms with van der Waals surface area (Å²) in [6.45, 7) is 0. The van der Waals surface area contributed by atoms with Crippen LogP contribution in [0.15, 0.2) is 18.2 Å². The molecule has 0 saturated carbocycles. The third kappa shape index (κ3) is 2.72. The summed E-state index contributed by atoms with van der Waals surface area (Å²) in [5.41, 5.74) is 6.08. The average Bonchev–Trinajstić information content (AvgIpc) is 1.81. The first-order valence-electron chi connectivity index (χ1n) is 3.36. The first kappa shape index (κ1) is 9.36. The molecule has 0 fully saturated rings. The van der Waals surface area contributed by atoms with E-state index in [1.54, 1.807) is 18.2 Å². The van der Waals surface area contributed by atoms with Crippen molar-refractivity contribution in [3.8, 4) is 0 Å². The van der Waals surface area contributed by atoms with Gasteiger partial charge in [0.1, 0.15) is 0 Å². The molecular weight excluding hydrogens is 195 g/mol. The zero-order valence-corrected chi connectivity index (χ0v) is 7.78. The van der Waals surface area contributed by atoms with Gasteiger partial charge in [-0.15, -0.1) is 0 Å². The fraction of sp³-hybridized carbons (Fsp3) is 0.125. The van der Waals surface area contributed by atoms with E-state index < -0.39 is 0 Å². The van der Waals surface area contributed by atoms with Crippen LogP contribution in [0, 0.1) is 5.41 Å². The van der Waals surface area contributed by atoms with Gasteiger partial charge >= 0.3 is 0 Å². The SMILES string of the molecule is N=C(N)Cc1cc(Cl)cc(Cl)c1. The van der Waals surface area contributed by atoms with Crippen molar-refractivity contribution in [1.82, 2.24) is 0 Å². The zero-order valence-electron chi connectivity index (χ0n) is 6.27. The van der Waals surface area contributed by atoms with Gasteiger partial charge in [-0.25, -0.2) is 0 Å². The lowest BCUT2D eigenvalue weighted by Crippen LogP contribution is -2.12. The molecule has 0 unspecified atom stereocenters. The number of nitrogens with one attached hydrogen (secondary N) is 1. The Kier molecular flexibility index (Phi) is 2.95. The van der Waals surface area contributed by atoms with Crippen LogP contribution in [0.1, 0.15) is 5.56 Å². The Morgan fingerprint density at radius 2 is 1.75 bits per heavy atom. The number of hydrogen-bond donors (Lipinski definition) is 2. The maximum absolute atomic E-state index is 7.06. The van der Waals surface area contributed by atoms with Gasteiger partial charge in [-0.2, -0.15) is 0 Å². The summed E-state index contributed by atoms with van der Waals surface area (Å²) < 4.78 is 0. The Balaban J connectivity index is 2.93. The van der Waals surface area contributed by atoms with Crippen molar-refractivity contribution < 1.29 is 0 Å². The normalized spacial score (nSPS) is 9.83. The highest BCUT2D eigenvalue weighted by molar-refractivity contribution is 6.34. The van der Waals surface area contributed by atoms with Gasteiger partial charge in [0.2, 0.25) is 0 Å². The molecule has 0 amide bonds. The van der Waals surface area contributed by atoms with Crippen LogP contribution in [-0.2, 0) is 6.42 Å². The number of halogens is 2. The van der Waals surface area contributed by atoms with E-state index in [2.05, 4.69) is 0 Å². The quantitative estimate of drug-likeness (QED) is 0.562. The van der Waals surface area contributed by atoms with Crippen LogP contribution in [0.5, 0.6) is 0 Å². The molecule has 0 aromatic heterocycles. The van der Waals surface area contributed by atoms with Crippen molar-refractivity contribution in [3.63, 3.8) is 0 Å². The highest BCUT2D eigenvalue weighted by Crippen LogP contribution is 2.19. The van der Waals surface area contributed by atoms with Crippen LogP contribution in [-0.4, -0.2) is 5.84 Å². The number of amidine groups is 1. The molecule has 0 heterocycles. The smallest absolute Gasteiger partial charge is 0.0950 e. The zero-order chi connectivity index (χ0) is 9.14. The topological polar surface area (TPSA) is 49.9 Å². The molecule has 0 aliphatic heterocycles. The van der Waals surface area contributed by atoms with Crippen LogP contribution in [0.2, 0.25) is 10.0 Å². The van der Waals surface area contributed by atoms with Gasteiger partial charge in [-0.05, 0) is 23.8 Å². The summed E-state index contributed by atoms with van der Waals surface area (Å²) in [4.78, 5) is 0. The molecule has 64 valence electrons. The lowest BCUT2D eigenvalue weighted by Gasteiger charge is -2.00. The number of hydrogen-bond acceptors (Lipinski definition) is 1. The Labute approximate surface area is 80.8 Å². The molecule has 0 aliphatic rings. The molecule has 4 heteroatoms. The second kappa shape index (κ2) is 3.78. The Bertz CT molecular complexity index is 290. The van der Waals surface area contributed by atoms with Gasteiger partial charge in [0.25, 0.3) is 0 Å². The second-order valence-corrected chi connectivity index (χ2v) is 3.35. The van der Waals surface area contributed by atoms with E-state index in [1.165, 1.54) is 0 Å². The van der Waals surface area contributed by atoms with Gasteiger partial charge < -0.3 is 5.73 Å². The third-order valence-corrected chi connectivity index (χ3v) is 1.75. The first-order valence-corrected chi connectivity index (χ1v) is 4.11. The van der Waals surface area contributed by atoms with Crippen molar-refractivity contribution in [2.75, 3.05) is 0 Å². The van der Waals surface area contributed by atoms with Crippen LogP contribution < -0.4 is 5.73 Å². The van der Waals surface area contributed by atoms with E-state index in [0.717, 1.165) is 5.56 Å². The van der Waals surface area contributed by atoms with Crippen LogP contribution in [0.25, 0.3) is 0 Å². The molecule has 1 aromatic carbocycles. The predicted molar refractivity (Wildman–Crippen MR) is 52.1 cm³/mol. The van der Waals surface area contributed by atoms with Gasteiger partial charge in [0.05, 0.1) is 5.84 Å². The second-order valence-electron chi connectivity index (χ2n) is 2.48. The van der Waals surface area contributed by atoms with Gasteiger partial charge in [0.15, 0.2) is 0 Å². The molecule has 3 N–H and O–H groups in total. The third-order valence-electron chi connectivity index (χ3n) is 1.32. The van der Waals surface area contributed by atoms with Gasteiger partial charge in [0, 0.05) is 16.5 Å². The Morgan fingerprint density at radius 1 is 1.25 bits per heavy atom. The summed E-state index contributed by atoms with van der Waals surface area (Å²) in [6.07, 6.45) is 0.389. The summed E-state index contributed by atoms with van der Waals surface area (Å²) in [6, 6.07) is 5.14. The Morgan fingerprint density at radius 3 is 2.17 bits per heavy atom. The summed E-state index contributed by atoms with van der Waals surface area (Å²) in [5, 5.41) is 8.20. The van der Waals surface area contributed by atoms with Crippen molar-refractivity contribution in [2.45, 2.75) is 6.42 Å². The van der Waals surface area contributed by atoms with Crippen molar-refractivity contribution in [1.29, 1.82) is 5.41 Å². The highest BCUT2D eigenvalue weighted by Gasteiger charge is 1.99. The van der Waals surface area contributed by atoms with E-state index >= 15 is 0 Å². The minimum atomic E-state index is 0.105. The monoisotopic (exact) mass is 202 g/mol. The summed E-state index contributed by atoms with van der Waals surface area (Å²) >= 11 is 11.5. The molecule has 12 heavy (non-hydrogen) atoms. The minimum Gasteiger partial charge on any atom is -0.387 e. The molecular formula is C8H8Cl2N2. The predicted octanol–water partition coefficient (Wildman–Crippen LogP) is 2.47. The van der Waals surface area contributed by atoms with Crippen molar-refractivity contribution in [3.05, 3.63) is 33.8 Å². The molecule has 0 saturated heterocycles. The largest absolute Gasteiger partial charge is 0.387 e. The van der Waals surface area contributed by atoms with Gasteiger partial charge in [-0.1, -0.05) is 23.2 Å². The molecule has 0 atom stereocenters. The lowest BCUT2D eigenvalue weighted by molar-refractivity contribution is 1.25. The summed E-state index contributed by atoms with van der Waals surface area (Å²) in [5.74, 6) is 0.105. The van der Waals surface area contributed by atoms with Crippen LogP contribution >= 0.6 is 23.2 Å². The van der Waals surface area contributed by atoms with Crippen molar-refractivity contribution >= 4 is 29.0 Å². The van der Waals surface area contributed by atoms with Crippen LogP contribution in [0.4, 0.5) is 0 Å². The maximum atomic E-state index is 7.06. The molecule has 1 rings (SSSR count). The van der Waals surface area contributed by atoms with Crippen molar-refractivity contribution in [2.24, 2.45) is 5.73 Å². The molecule has 2 nitrogen and oxygen atoms in total. The molecule has 0 radical (unpaired) electrons. The summed E-state index contributed by atoms with van der Waals surface area (Å²) in [7, 11) is 0. The van der Waals surface area contributed by atoms with E-state index in [4.69, 9.17) is 34.3 Å². The molecule has 1 aromatic rings. The molecule has 0 spiro atoms. The van der Waals surface area contributed by atoms with E-state index in [1.807, 2.05) is 0 Å². The first-order chi connectivity index (χ1) is 5.58. The van der Waals surface area contributed by atoms with Crippen LogP contribution in [0.3, 0.4) is 0 Å². The fourth-order valence-corrected chi connectivity index (χ4v) is 1.50. The van der Waals surface area contributed by atoms with E-state index in [0.29, 0.717) is 16.5 Å². The van der Waals surface area contributed by atoms with E-state index in [9.17, 15) is 0 Å². The highest BCUT2D eigenvalue weighted by atomic mass is 35.5. The standard InChI is InChI=1S/C8H8Cl2N2/c9-6-1-5(3-8(11)12)2-7(10)4-6/h1-2,4H,3H2,(H3,11,12). The number of nitrogens with two attached hydrogens (primary N) is 1. The minimum absolute atomic E-state index is 0.105. The maximum Gasteiger partial charge on any atom is 0.0950 e. The van der Waals surface area contributed by atoms with Gasteiger partial charge in [-0.3, -0.25) is 5.41 Å². The van der Waals surface area contributed by atoms with E-state index in [-0.39, 0.29) is 5.84 Å².